The maximum atomic E-state index is 11.5. The lowest BCUT2D eigenvalue weighted by Crippen LogP contribution is -2.05. The van der Waals surface area contributed by atoms with Gasteiger partial charge in [-0.2, -0.15) is 0 Å². The summed E-state index contributed by atoms with van der Waals surface area (Å²) in [7, 11) is 3.12. The third-order valence-corrected chi connectivity index (χ3v) is 2.29. The number of benzene rings is 1. The Morgan fingerprint density at radius 3 is 2.53 bits per heavy atom. The van der Waals surface area contributed by atoms with Crippen molar-refractivity contribution in [3.05, 3.63) is 34.7 Å². The largest absolute Gasteiger partial charge is 0.493 e. The molecule has 0 radical (unpaired) electrons. The number of hydrogen-bond acceptors (Lipinski definition) is 3. The molecule has 0 saturated carbocycles. The summed E-state index contributed by atoms with van der Waals surface area (Å²) in [5.41, 5.74) is -0.131. The number of nitrogens with one attached hydrogen (secondary N) is 1. The Kier molecular flexibility index (Phi) is 2.33. The van der Waals surface area contributed by atoms with Gasteiger partial charge < -0.3 is 14.5 Å². The van der Waals surface area contributed by atoms with Gasteiger partial charge in [-0.15, -0.1) is 0 Å². The summed E-state index contributed by atoms with van der Waals surface area (Å²) >= 11 is 0. The van der Waals surface area contributed by atoms with Crippen molar-refractivity contribution < 1.29 is 9.47 Å². The van der Waals surface area contributed by atoms with Gasteiger partial charge in [-0.25, -0.2) is 0 Å². The standard InChI is InChI=1S/C11H11NO3/c1-14-9-4-3-8-7(10(9)15-2)5-6-12-11(8)13/h3-6H,1-2H3,(H,12,13). The van der Waals surface area contributed by atoms with Crippen molar-refractivity contribution in [1.82, 2.24) is 4.98 Å². The Morgan fingerprint density at radius 2 is 1.87 bits per heavy atom. The van der Waals surface area contributed by atoms with Crippen LogP contribution in [0.1, 0.15) is 0 Å². The molecule has 1 N–H and O–H groups in total. The lowest BCUT2D eigenvalue weighted by molar-refractivity contribution is 0.358. The highest BCUT2D eigenvalue weighted by atomic mass is 16.5. The maximum absolute atomic E-state index is 11.5. The SMILES string of the molecule is COc1ccc2c(=O)[nH]ccc2c1OC. The fraction of sp³-hybridized carbons (Fsp3) is 0.182. The van der Waals surface area contributed by atoms with E-state index in [1.54, 1.807) is 38.6 Å². The van der Waals surface area contributed by atoms with Gasteiger partial charge in [-0.05, 0) is 18.2 Å². The molecular weight excluding hydrogens is 194 g/mol. The molecule has 1 heterocycles. The quantitative estimate of drug-likeness (QED) is 0.809. The van der Waals surface area contributed by atoms with Gasteiger partial charge in [-0.1, -0.05) is 0 Å². The fourth-order valence-corrected chi connectivity index (χ4v) is 1.59. The third-order valence-electron chi connectivity index (χ3n) is 2.29. The molecule has 0 aliphatic rings. The smallest absolute Gasteiger partial charge is 0.255 e. The lowest BCUT2D eigenvalue weighted by atomic mass is 10.1. The second-order valence-corrected chi connectivity index (χ2v) is 3.07. The molecule has 0 saturated heterocycles. The molecule has 0 amide bonds. The number of pyridine rings is 1. The molecule has 0 aliphatic carbocycles. The number of ether oxygens (including phenoxy) is 2. The Bertz CT molecular complexity index is 545. The van der Waals surface area contributed by atoms with Crippen LogP contribution in [-0.4, -0.2) is 19.2 Å². The number of aromatic nitrogens is 1. The molecule has 0 bridgehead atoms. The molecule has 15 heavy (non-hydrogen) atoms. The predicted octanol–water partition coefficient (Wildman–Crippen LogP) is 1.55. The van der Waals surface area contributed by atoms with Crippen LogP contribution in [0.2, 0.25) is 0 Å². The zero-order chi connectivity index (χ0) is 10.8. The van der Waals surface area contributed by atoms with Gasteiger partial charge in [0.1, 0.15) is 0 Å². The Hall–Kier alpha value is -1.97. The average molecular weight is 205 g/mol. The maximum Gasteiger partial charge on any atom is 0.255 e. The molecular formula is C11H11NO3. The number of aromatic amines is 1. The monoisotopic (exact) mass is 205 g/mol. The number of rotatable bonds is 2. The summed E-state index contributed by atoms with van der Waals surface area (Å²) in [6.45, 7) is 0. The molecule has 2 rings (SSSR count). The molecule has 1 aromatic heterocycles. The van der Waals surface area contributed by atoms with Crippen molar-refractivity contribution >= 4 is 10.8 Å². The van der Waals surface area contributed by atoms with E-state index in [0.29, 0.717) is 16.9 Å². The molecule has 0 unspecified atom stereocenters. The molecule has 0 aliphatic heterocycles. The zero-order valence-electron chi connectivity index (χ0n) is 8.53. The van der Waals surface area contributed by atoms with Crippen LogP contribution in [0.25, 0.3) is 10.8 Å². The predicted molar refractivity (Wildman–Crippen MR) is 57.7 cm³/mol. The molecule has 4 nitrogen and oxygen atoms in total. The van der Waals surface area contributed by atoms with E-state index in [0.717, 1.165) is 5.39 Å². The summed E-state index contributed by atoms with van der Waals surface area (Å²) in [5.74, 6) is 1.21. The first-order valence-corrected chi connectivity index (χ1v) is 4.50. The van der Waals surface area contributed by atoms with Gasteiger partial charge in [0.2, 0.25) is 0 Å². The van der Waals surface area contributed by atoms with E-state index < -0.39 is 0 Å². The van der Waals surface area contributed by atoms with E-state index >= 15 is 0 Å². The number of fused-ring (bicyclic) bond motifs is 1. The summed E-state index contributed by atoms with van der Waals surface area (Å²) in [6, 6.07) is 5.23. The van der Waals surface area contributed by atoms with Gasteiger partial charge in [0, 0.05) is 11.6 Å². The minimum Gasteiger partial charge on any atom is -0.493 e. The van der Waals surface area contributed by atoms with E-state index in [4.69, 9.17) is 9.47 Å². The molecule has 0 fully saturated rings. The Morgan fingerprint density at radius 1 is 1.07 bits per heavy atom. The highest BCUT2D eigenvalue weighted by molar-refractivity contribution is 5.89. The lowest BCUT2D eigenvalue weighted by Gasteiger charge is -2.09. The van der Waals surface area contributed by atoms with Crippen molar-refractivity contribution in [2.45, 2.75) is 0 Å². The van der Waals surface area contributed by atoms with Gasteiger partial charge >= 0.3 is 0 Å². The van der Waals surface area contributed by atoms with Crippen molar-refractivity contribution in [3.8, 4) is 11.5 Å². The minimum absolute atomic E-state index is 0.131. The first-order chi connectivity index (χ1) is 7.27. The topological polar surface area (TPSA) is 51.3 Å². The van der Waals surface area contributed by atoms with Gasteiger partial charge in [0.25, 0.3) is 5.56 Å². The third kappa shape index (κ3) is 1.44. The highest BCUT2D eigenvalue weighted by Crippen LogP contribution is 2.33. The molecule has 1 aromatic carbocycles. The zero-order valence-corrected chi connectivity index (χ0v) is 8.53. The van der Waals surface area contributed by atoms with Crippen LogP contribution in [0.4, 0.5) is 0 Å². The van der Waals surface area contributed by atoms with Crippen molar-refractivity contribution in [1.29, 1.82) is 0 Å². The van der Waals surface area contributed by atoms with Crippen LogP contribution in [0, 0.1) is 0 Å². The van der Waals surface area contributed by atoms with E-state index in [1.807, 2.05) is 0 Å². The number of hydrogen-bond donors (Lipinski definition) is 1. The summed E-state index contributed by atoms with van der Waals surface area (Å²) in [5, 5.41) is 1.34. The second kappa shape index (κ2) is 3.65. The molecule has 4 heteroatoms. The summed E-state index contributed by atoms with van der Waals surface area (Å²) in [6.07, 6.45) is 1.59. The van der Waals surface area contributed by atoms with Crippen LogP contribution in [0.5, 0.6) is 11.5 Å². The van der Waals surface area contributed by atoms with Crippen molar-refractivity contribution in [2.75, 3.05) is 14.2 Å². The second-order valence-electron chi connectivity index (χ2n) is 3.07. The molecule has 78 valence electrons. The summed E-state index contributed by atoms with van der Waals surface area (Å²) in [4.78, 5) is 14.1. The van der Waals surface area contributed by atoms with E-state index in [9.17, 15) is 4.79 Å². The first kappa shape index (κ1) is 9.58. The normalized spacial score (nSPS) is 10.3. The van der Waals surface area contributed by atoms with Gasteiger partial charge in [-0.3, -0.25) is 4.79 Å². The van der Waals surface area contributed by atoms with Crippen LogP contribution >= 0.6 is 0 Å². The van der Waals surface area contributed by atoms with Crippen molar-refractivity contribution in [3.63, 3.8) is 0 Å². The van der Waals surface area contributed by atoms with Crippen LogP contribution in [-0.2, 0) is 0 Å². The molecule has 2 aromatic rings. The highest BCUT2D eigenvalue weighted by Gasteiger charge is 2.09. The van der Waals surface area contributed by atoms with Gasteiger partial charge in [0.15, 0.2) is 11.5 Å². The molecule has 0 spiro atoms. The van der Waals surface area contributed by atoms with E-state index in [2.05, 4.69) is 4.98 Å². The minimum atomic E-state index is -0.131. The first-order valence-electron chi connectivity index (χ1n) is 4.50. The fourth-order valence-electron chi connectivity index (χ4n) is 1.59. The Balaban J connectivity index is 2.88. The number of H-pyrrole nitrogens is 1. The van der Waals surface area contributed by atoms with Crippen molar-refractivity contribution in [2.24, 2.45) is 0 Å². The average Bonchev–Trinajstić information content (AvgIpc) is 2.28. The van der Waals surface area contributed by atoms with Crippen LogP contribution < -0.4 is 15.0 Å². The summed E-state index contributed by atoms with van der Waals surface area (Å²) < 4.78 is 10.4. The van der Waals surface area contributed by atoms with Crippen LogP contribution in [0.15, 0.2) is 29.2 Å². The van der Waals surface area contributed by atoms with E-state index in [1.165, 1.54) is 0 Å². The molecule has 0 atom stereocenters. The van der Waals surface area contributed by atoms with Gasteiger partial charge in [0.05, 0.1) is 19.6 Å². The van der Waals surface area contributed by atoms with Crippen LogP contribution in [0.3, 0.4) is 0 Å². The Labute approximate surface area is 86.5 Å². The van der Waals surface area contributed by atoms with E-state index in [-0.39, 0.29) is 5.56 Å². The number of methoxy groups -OCH3 is 2.